The Morgan fingerprint density at radius 1 is 1.36 bits per heavy atom. The predicted octanol–water partition coefficient (Wildman–Crippen LogP) is 1.26. The summed E-state index contributed by atoms with van der Waals surface area (Å²) in [6, 6.07) is 4.88. The van der Waals surface area contributed by atoms with E-state index in [0.29, 0.717) is 4.31 Å². The lowest BCUT2D eigenvalue weighted by Gasteiger charge is -2.42. The maximum Gasteiger partial charge on any atom is 0.331 e. The Balaban J connectivity index is 2.40. The van der Waals surface area contributed by atoms with Gasteiger partial charge in [-0.05, 0) is 26.0 Å². The van der Waals surface area contributed by atoms with Crippen molar-refractivity contribution in [3.8, 4) is 0 Å². The lowest BCUT2D eigenvalue weighted by atomic mass is 9.91. The van der Waals surface area contributed by atoms with E-state index in [4.69, 9.17) is 4.74 Å². The van der Waals surface area contributed by atoms with E-state index < -0.39 is 33.9 Å². The van der Waals surface area contributed by atoms with Crippen molar-refractivity contribution in [1.29, 1.82) is 0 Å². The van der Waals surface area contributed by atoms with E-state index in [0.717, 1.165) is 5.56 Å². The molecule has 0 unspecified atom stereocenters. The molecule has 1 amide bonds. The molecule has 6 nitrogen and oxygen atoms in total. The second-order valence-corrected chi connectivity index (χ2v) is 6.73. The molecule has 0 bridgehead atoms. The van der Waals surface area contributed by atoms with Gasteiger partial charge in [-0.15, -0.1) is 6.58 Å². The third-order valence-corrected chi connectivity index (χ3v) is 5.25. The van der Waals surface area contributed by atoms with Crippen molar-refractivity contribution in [2.45, 2.75) is 24.8 Å². The number of aryl methyl sites for hydroxylation is 1. The van der Waals surface area contributed by atoms with E-state index in [1.54, 1.807) is 19.1 Å². The van der Waals surface area contributed by atoms with Gasteiger partial charge in [0.1, 0.15) is 0 Å². The fourth-order valence-corrected chi connectivity index (χ4v) is 3.86. The first-order chi connectivity index (χ1) is 10.3. The summed E-state index contributed by atoms with van der Waals surface area (Å²) in [6.45, 7) is 7.01. The highest BCUT2D eigenvalue weighted by molar-refractivity contribution is 7.89. The average molecular weight is 323 g/mol. The Hall–Kier alpha value is -2.15. The van der Waals surface area contributed by atoms with Gasteiger partial charge in [-0.1, -0.05) is 23.8 Å². The average Bonchev–Trinajstić information content (AvgIpc) is 2.45. The topological polar surface area (TPSA) is 80.8 Å². The molecule has 1 aromatic carbocycles. The number of esters is 1. The van der Waals surface area contributed by atoms with Gasteiger partial charge in [0.2, 0.25) is 5.91 Å². The van der Waals surface area contributed by atoms with E-state index in [-0.39, 0.29) is 11.5 Å². The monoisotopic (exact) mass is 323 g/mol. The molecule has 7 heteroatoms. The van der Waals surface area contributed by atoms with E-state index in [2.05, 4.69) is 6.58 Å². The summed E-state index contributed by atoms with van der Waals surface area (Å²) < 4.78 is 30.6. The third kappa shape index (κ3) is 2.52. The van der Waals surface area contributed by atoms with Crippen LogP contribution in [0.1, 0.15) is 12.5 Å². The normalized spacial score (nSPS) is 21.2. The highest BCUT2D eigenvalue weighted by atomic mass is 32.2. The number of hydrogen-bond acceptors (Lipinski definition) is 5. The number of rotatable bonds is 5. The minimum Gasteiger partial charge on any atom is -0.464 e. The second kappa shape index (κ2) is 5.92. The van der Waals surface area contributed by atoms with Crippen LogP contribution in [0.3, 0.4) is 0 Å². The summed E-state index contributed by atoms with van der Waals surface area (Å²) in [5.41, 5.74) is 0.889. The van der Waals surface area contributed by atoms with Gasteiger partial charge in [0.15, 0.2) is 6.04 Å². The zero-order valence-electron chi connectivity index (χ0n) is 12.4. The fourth-order valence-electron chi connectivity index (χ4n) is 2.27. The molecule has 118 valence electrons. The second-order valence-electron chi connectivity index (χ2n) is 4.91. The van der Waals surface area contributed by atoms with Crippen LogP contribution >= 0.6 is 0 Å². The molecule has 22 heavy (non-hydrogen) atoms. The molecule has 1 aliphatic rings. The number of nitrogens with zero attached hydrogens (tertiary/aromatic N) is 1. The summed E-state index contributed by atoms with van der Waals surface area (Å²) in [5.74, 6) is -2.30. The number of ether oxygens (including phenoxy) is 1. The van der Waals surface area contributed by atoms with Gasteiger partial charge < -0.3 is 4.74 Å². The van der Waals surface area contributed by atoms with E-state index >= 15 is 0 Å². The molecule has 0 saturated carbocycles. The van der Waals surface area contributed by atoms with Crippen LogP contribution in [0.25, 0.3) is 0 Å². The number of benzene rings is 1. The Morgan fingerprint density at radius 3 is 2.45 bits per heavy atom. The predicted molar refractivity (Wildman–Crippen MR) is 79.3 cm³/mol. The number of hydrogen-bond donors (Lipinski definition) is 0. The van der Waals surface area contributed by atoms with Gasteiger partial charge in [-0.3, -0.25) is 4.79 Å². The molecule has 1 fully saturated rings. The van der Waals surface area contributed by atoms with Crippen molar-refractivity contribution in [1.82, 2.24) is 4.31 Å². The number of amides is 1. The SMILES string of the molecule is C=C[C@H]1C(=O)N(S(=O)(=O)c2ccc(C)cc2)[C@H]1C(=O)OCC. The molecule has 0 radical (unpaired) electrons. The van der Waals surface area contributed by atoms with Gasteiger partial charge in [0.25, 0.3) is 10.0 Å². The molecule has 0 aliphatic carbocycles. The van der Waals surface area contributed by atoms with Gasteiger partial charge in [-0.25, -0.2) is 17.5 Å². The zero-order valence-corrected chi connectivity index (χ0v) is 13.2. The first-order valence-electron chi connectivity index (χ1n) is 6.78. The van der Waals surface area contributed by atoms with Crippen LogP contribution in [0.4, 0.5) is 0 Å². The molecular formula is C15H17NO5S. The minimum atomic E-state index is -4.09. The van der Waals surface area contributed by atoms with Crippen LogP contribution < -0.4 is 0 Å². The summed E-state index contributed by atoms with van der Waals surface area (Å²) in [4.78, 5) is 24.0. The summed E-state index contributed by atoms with van der Waals surface area (Å²) in [6.07, 6.45) is 1.27. The fraction of sp³-hybridized carbons (Fsp3) is 0.333. The van der Waals surface area contributed by atoms with E-state index in [1.807, 2.05) is 6.92 Å². The Morgan fingerprint density at radius 2 is 1.95 bits per heavy atom. The highest BCUT2D eigenvalue weighted by Crippen LogP contribution is 2.34. The van der Waals surface area contributed by atoms with Gasteiger partial charge in [-0.2, -0.15) is 0 Å². The van der Waals surface area contributed by atoms with Crippen LogP contribution in [0.2, 0.25) is 0 Å². The number of β-lactam (4-membered cyclic amide) rings is 1. The van der Waals surface area contributed by atoms with E-state index in [1.165, 1.54) is 18.2 Å². The van der Waals surface area contributed by atoms with Gasteiger partial charge in [0.05, 0.1) is 17.4 Å². The molecule has 1 aromatic rings. The van der Waals surface area contributed by atoms with Crippen molar-refractivity contribution in [3.63, 3.8) is 0 Å². The molecule has 0 N–H and O–H groups in total. The van der Waals surface area contributed by atoms with Crippen LogP contribution in [0.5, 0.6) is 0 Å². The van der Waals surface area contributed by atoms with Crippen molar-refractivity contribution in [3.05, 3.63) is 42.5 Å². The van der Waals surface area contributed by atoms with Crippen molar-refractivity contribution < 1.29 is 22.7 Å². The molecule has 0 spiro atoms. The maximum absolute atomic E-state index is 12.6. The molecule has 1 aliphatic heterocycles. The van der Waals surface area contributed by atoms with Gasteiger partial charge in [0, 0.05) is 0 Å². The molecule has 2 rings (SSSR count). The minimum absolute atomic E-state index is 0.0386. The Bertz CT molecular complexity index is 708. The quantitative estimate of drug-likeness (QED) is 0.463. The number of carbonyl (C=O) groups is 2. The number of carbonyl (C=O) groups excluding carboxylic acids is 2. The lowest BCUT2D eigenvalue weighted by Crippen LogP contribution is -2.65. The van der Waals surface area contributed by atoms with Crippen molar-refractivity contribution in [2.75, 3.05) is 6.61 Å². The molecule has 1 saturated heterocycles. The first kappa shape index (κ1) is 16.2. The number of sulfonamides is 1. The Labute approximate surface area is 129 Å². The summed E-state index contributed by atoms with van der Waals surface area (Å²) in [5, 5.41) is 0. The molecule has 0 aromatic heterocycles. The molecule has 1 heterocycles. The maximum atomic E-state index is 12.6. The van der Waals surface area contributed by atoms with Crippen molar-refractivity contribution in [2.24, 2.45) is 5.92 Å². The van der Waals surface area contributed by atoms with Crippen molar-refractivity contribution >= 4 is 21.9 Å². The molecular weight excluding hydrogens is 306 g/mol. The smallest absolute Gasteiger partial charge is 0.331 e. The first-order valence-corrected chi connectivity index (χ1v) is 8.22. The highest BCUT2D eigenvalue weighted by Gasteiger charge is 2.56. The lowest BCUT2D eigenvalue weighted by molar-refractivity contribution is -0.163. The zero-order chi connectivity index (χ0) is 16.5. The molecule has 2 atom stereocenters. The van der Waals surface area contributed by atoms with Crippen LogP contribution in [0.15, 0.2) is 41.8 Å². The standard InChI is InChI=1S/C15H17NO5S/c1-4-12-13(15(18)21-5-2)16(14(12)17)22(19,20)11-8-6-10(3)7-9-11/h4,6-9,12-13H,1,5H2,2-3H3/t12-,13-/m1/s1. The van der Waals surface area contributed by atoms with E-state index in [9.17, 15) is 18.0 Å². The van der Waals surface area contributed by atoms with Crippen LogP contribution in [-0.4, -0.2) is 37.2 Å². The third-order valence-electron chi connectivity index (χ3n) is 3.45. The Kier molecular flexibility index (Phi) is 4.37. The largest absolute Gasteiger partial charge is 0.464 e. The van der Waals surface area contributed by atoms with Gasteiger partial charge >= 0.3 is 5.97 Å². The summed E-state index contributed by atoms with van der Waals surface area (Å²) >= 11 is 0. The van der Waals surface area contributed by atoms with Crippen LogP contribution in [-0.2, 0) is 24.3 Å². The van der Waals surface area contributed by atoms with Crippen LogP contribution in [0, 0.1) is 12.8 Å². The summed E-state index contributed by atoms with van der Waals surface area (Å²) in [7, 11) is -4.09.